The molecule has 2 aliphatic heterocycles. The summed E-state index contributed by atoms with van der Waals surface area (Å²) in [6, 6.07) is 1.66. The highest BCUT2D eigenvalue weighted by atomic mass is 35.5. The number of nitrogens with zero attached hydrogens (tertiary/aromatic N) is 2. The van der Waals surface area contributed by atoms with Gasteiger partial charge in [0.1, 0.15) is 5.69 Å². The van der Waals surface area contributed by atoms with Crippen LogP contribution in [0.3, 0.4) is 0 Å². The smallest absolute Gasteiger partial charge is 0.271 e. The predicted octanol–water partition coefficient (Wildman–Crippen LogP) is 0.552. The van der Waals surface area contributed by atoms with E-state index in [1.165, 1.54) is 0 Å². The number of carbonyl (C=O) groups excluding carboxylic acids is 2. The van der Waals surface area contributed by atoms with Gasteiger partial charge in [0.15, 0.2) is 0 Å². The van der Waals surface area contributed by atoms with E-state index in [0.29, 0.717) is 24.7 Å². The van der Waals surface area contributed by atoms with Gasteiger partial charge in [-0.3, -0.25) is 14.7 Å². The summed E-state index contributed by atoms with van der Waals surface area (Å²) in [7, 11) is 0. The lowest BCUT2D eigenvalue weighted by atomic mass is 9.97. The number of amides is 2. The first-order chi connectivity index (χ1) is 10.7. The van der Waals surface area contributed by atoms with Crippen LogP contribution in [0.4, 0.5) is 0 Å². The lowest BCUT2D eigenvalue weighted by Gasteiger charge is -2.32. The highest BCUT2D eigenvalue weighted by Crippen LogP contribution is 2.17. The standard InChI is InChI=1S/C15H23N5O2.ClH/c21-14(12-4-1-6-16-12)17-9-11-3-2-8-20(10-11)15(22)13-5-7-18-19-13;/h5,7,11-12,16H,1-4,6,8-10H2,(H,17,21)(H,18,19);1H. The number of halogens is 1. The minimum absolute atomic E-state index is 0. The Labute approximate surface area is 142 Å². The van der Waals surface area contributed by atoms with Crippen molar-refractivity contribution in [3.63, 3.8) is 0 Å². The highest BCUT2D eigenvalue weighted by Gasteiger charge is 2.27. The van der Waals surface area contributed by atoms with Gasteiger partial charge in [-0.05, 0) is 44.2 Å². The number of carbonyl (C=O) groups is 2. The molecule has 0 spiro atoms. The third-order valence-corrected chi connectivity index (χ3v) is 4.48. The van der Waals surface area contributed by atoms with Crippen LogP contribution in [-0.4, -0.2) is 59.1 Å². The van der Waals surface area contributed by atoms with Crippen LogP contribution in [0.5, 0.6) is 0 Å². The fourth-order valence-electron chi connectivity index (χ4n) is 3.24. The Morgan fingerprint density at radius 1 is 1.35 bits per heavy atom. The van der Waals surface area contributed by atoms with Gasteiger partial charge in [-0.2, -0.15) is 5.10 Å². The van der Waals surface area contributed by atoms with Crippen molar-refractivity contribution in [2.24, 2.45) is 5.92 Å². The molecule has 2 amide bonds. The Morgan fingerprint density at radius 2 is 2.22 bits per heavy atom. The molecule has 1 aromatic rings. The molecule has 3 N–H and O–H groups in total. The van der Waals surface area contributed by atoms with E-state index in [0.717, 1.165) is 38.8 Å². The van der Waals surface area contributed by atoms with Crippen LogP contribution in [0.15, 0.2) is 12.3 Å². The third kappa shape index (κ3) is 4.45. The molecule has 7 nitrogen and oxygen atoms in total. The molecule has 0 aromatic carbocycles. The molecule has 23 heavy (non-hydrogen) atoms. The average molecular weight is 342 g/mol. The predicted molar refractivity (Wildman–Crippen MR) is 88.5 cm³/mol. The Kier molecular flexibility index (Phi) is 6.41. The molecule has 3 rings (SSSR count). The number of aromatic nitrogens is 2. The van der Waals surface area contributed by atoms with E-state index < -0.39 is 0 Å². The number of hydrogen-bond donors (Lipinski definition) is 3. The van der Waals surface area contributed by atoms with Gasteiger partial charge in [0.2, 0.25) is 5.91 Å². The normalized spacial score (nSPS) is 24.1. The summed E-state index contributed by atoms with van der Waals surface area (Å²) < 4.78 is 0. The van der Waals surface area contributed by atoms with Gasteiger partial charge < -0.3 is 15.5 Å². The first-order valence-corrected chi connectivity index (χ1v) is 8.04. The van der Waals surface area contributed by atoms with Gasteiger partial charge in [0.05, 0.1) is 6.04 Å². The lowest BCUT2D eigenvalue weighted by molar-refractivity contribution is -0.123. The fourth-order valence-corrected chi connectivity index (χ4v) is 3.24. The van der Waals surface area contributed by atoms with Crippen molar-refractivity contribution >= 4 is 24.2 Å². The monoisotopic (exact) mass is 341 g/mol. The van der Waals surface area contributed by atoms with Gasteiger partial charge in [-0.15, -0.1) is 12.4 Å². The van der Waals surface area contributed by atoms with Crippen molar-refractivity contribution in [2.45, 2.75) is 31.7 Å². The second-order valence-electron chi connectivity index (χ2n) is 6.12. The largest absolute Gasteiger partial charge is 0.354 e. The quantitative estimate of drug-likeness (QED) is 0.746. The molecule has 2 saturated heterocycles. The van der Waals surface area contributed by atoms with Crippen LogP contribution >= 0.6 is 12.4 Å². The summed E-state index contributed by atoms with van der Waals surface area (Å²) in [5, 5.41) is 12.8. The molecule has 0 saturated carbocycles. The van der Waals surface area contributed by atoms with Gasteiger partial charge in [-0.25, -0.2) is 0 Å². The van der Waals surface area contributed by atoms with Crippen molar-refractivity contribution < 1.29 is 9.59 Å². The Hall–Kier alpha value is -1.60. The molecule has 2 unspecified atom stereocenters. The minimum Gasteiger partial charge on any atom is -0.354 e. The van der Waals surface area contributed by atoms with Crippen LogP contribution in [0.2, 0.25) is 0 Å². The van der Waals surface area contributed by atoms with E-state index in [1.54, 1.807) is 12.3 Å². The Balaban J connectivity index is 0.00000192. The molecule has 0 radical (unpaired) electrons. The maximum Gasteiger partial charge on any atom is 0.271 e. The summed E-state index contributed by atoms with van der Waals surface area (Å²) >= 11 is 0. The average Bonchev–Trinajstić information content (AvgIpc) is 3.25. The molecule has 2 fully saturated rings. The number of hydrogen-bond acceptors (Lipinski definition) is 4. The third-order valence-electron chi connectivity index (χ3n) is 4.48. The maximum absolute atomic E-state index is 12.3. The molecule has 2 aliphatic rings. The number of H-pyrrole nitrogens is 1. The van der Waals surface area contributed by atoms with Gasteiger partial charge in [0.25, 0.3) is 5.91 Å². The number of rotatable bonds is 4. The van der Waals surface area contributed by atoms with Crippen LogP contribution in [0.25, 0.3) is 0 Å². The SMILES string of the molecule is Cl.O=C(NCC1CCCN(C(=O)c2ccn[nH]2)C1)C1CCCN1. The van der Waals surface area contributed by atoms with E-state index in [1.807, 2.05) is 4.90 Å². The van der Waals surface area contributed by atoms with Crippen LogP contribution in [0, 0.1) is 5.92 Å². The van der Waals surface area contributed by atoms with Crippen molar-refractivity contribution in [1.29, 1.82) is 0 Å². The lowest BCUT2D eigenvalue weighted by Crippen LogP contribution is -2.46. The van der Waals surface area contributed by atoms with E-state index >= 15 is 0 Å². The van der Waals surface area contributed by atoms with Crippen LogP contribution < -0.4 is 10.6 Å². The second-order valence-corrected chi connectivity index (χ2v) is 6.12. The van der Waals surface area contributed by atoms with E-state index in [9.17, 15) is 9.59 Å². The summed E-state index contributed by atoms with van der Waals surface area (Å²) in [5.41, 5.74) is 0.528. The van der Waals surface area contributed by atoms with Gasteiger partial charge in [-0.1, -0.05) is 0 Å². The molecule has 2 atom stereocenters. The van der Waals surface area contributed by atoms with Gasteiger partial charge >= 0.3 is 0 Å². The summed E-state index contributed by atoms with van der Waals surface area (Å²) in [6.45, 7) is 3.03. The molecule has 3 heterocycles. The zero-order chi connectivity index (χ0) is 15.4. The van der Waals surface area contributed by atoms with Crippen molar-refractivity contribution in [2.75, 3.05) is 26.2 Å². The number of nitrogens with one attached hydrogen (secondary N) is 3. The zero-order valence-electron chi connectivity index (χ0n) is 13.1. The minimum atomic E-state index is -0.0358. The van der Waals surface area contributed by atoms with Gasteiger partial charge in [0, 0.05) is 25.8 Å². The first-order valence-electron chi connectivity index (χ1n) is 8.04. The van der Waals surface area contributed by atoms with E-state index in [4.69, 9.17) is 0 Å². The molecule has 8 heteroatoms. The molecular weight excluding hydrogens is 318 g/mol. The van der Waals surface area contributed by atoms with Crippen LogP contribution in [-0.2, 0) is 4.79 Å². The Bertz CT molecular complexity index is 516. The molecule has 128 valence electrons. The highest BCUT2D eigenvalue weighted by molar-refractivity contribution is 5.92. The number of piperidine rings is 1. The Morgan fingerprint density at radius 3 is 2.91 bits per heavy atom. The summed E-state index contributed by atoms with van der Waals surface area (Å²) in [6.07, 6.45) is 5.59. The first kappa shape index (κ1) is 17.7. The second kappa shape index (κ2) is 8.31. The topological polar surface area (TPSA) is 90.1 Å². The summed E-state index contributed by atoms with van der Waals surface area (Å²) in [4.78, 5) is 26.2. The zero-order valence-corrected chi connectivity index (χ0v) is 13.9. The van der Waals surface area contributed by atoms with Crippen molar-refractivity contribution in [3.05, 3.63) is 18.0 Å². The van der Waals surface area contributed by atoms with E-state index in [2.05, 4.69) is 20.8 Å². The molecule has 1 aromatic heterocycles. The molecular formula is C15H24ClN5O2. The molecule has 0 bridgehead atoms. The maximum atomic E-state index is 12.3. The van der Waals surface area contributed by atoms with E-state index in [-0.39, 0.29) is 30.3 Å². The molecule has 0 aliphatic carbocycles. The van der Waals surface area contributed by atoms with Crippen molar-refractivity contribution in [1.82, 2.24) is 25.7 Å². The number of likely N-dealkylation sites (tertiary alicyclic amines) is 1. The van der Waals surface area contributed by atoms with Crippen LogP contribution in [0.1, 0.15) is 36.2 Å². The number of aromatic amines is 1. The fraction of sp³-hybridized carbons (Fsp3) is 0.667. The van der Waals surface area contributed by atoms with Crippen molar-refractivity contribution in [3.8, 4) is 0 Å². The summed E-state index contributed by atoms with van der Waals surface area (Å²) in [5.74, 6) is 0.409.